The van der Waals surface area contributed by atoms with E-state index in [1.807, 2.05) is 12.1 Å². The molecule has 0 bridgehead atoms. The summed E-state index contributed by atoms with van der Waals surface area (Å²) in [4.78, 5) is 19.3. The summed E-state index contributed by atoms with van der Waals surface area (Å²) in [6, 6.07) is 7.15. The number of aromatic nitrogens is 2. The van der Waals surface area contributed by atoms with E-state index in [4.69, 9.17) is 11.6 Å². The van der Waals surface area contributed by atoms with Crippen molar-refractivity contribution in [1.82, 2.24) is 9.97 Å². The third-order valence-electron chi connectivity index (χ3n) is 3.72. The molecule has 1 heterocycles. The molecule has 0 radical (unpaired) electrons. The van der Waals surface area contributed by atoms with Crippen LogP contribution < -0.4 is 5.56 Å². The molecule has 104 valence electrons. The Balaban J connectivity index is 2.09. The van der Waals surface area contributed by atoms with Gasteiger partial charge < -0.3 is 4.98 Å². The van der Waals surface area contributed by atoms with E-state index in [2.05, 4.69) is 25.9 Å². The fourth-order valence-corrected chi connectivity index (χ4v) is 3.28. The van der Waals surface area contributed by atoms with Crippen LogP contribution in [-0.2, 0) is 0 Å². The lowest BCUT2D eigenvalue weighted by atomic mass is 10.0. The Hall–Kier alpha value is -1.13. The van der Waals surface area contributed by atoms with Crippen molar-refractivity contribution >= 4 is 27.5 Å². The third kappa shape index (κ3) is 2.81. The van der Waals surface area contributed by atoms with Crippen molar-refractivity contribution in [3.05, 3.63) is 49.8 Å². The Kier molecular flexibility index (Phi) is 3.94. The van der Waals surface area contributed by atoms with Crippen molar-refractivity contribution < 1.29 is 0 Å². The summed E-state index contributed by atoms with van der Waals surface area (Å²) in [5.41, 5.74) is 1.52. The summed E-state index contributed by atoms with van der Waals surface area (Å²) in [5, 5.41) is 0.583. The monoisotopic (exact) mass is 352 g/mol. The fraction of sp³-hybridized carbons (Fsp3) is 0.333. The Labute approximate surface area is 130 Å². The molecular formula is C15H14BrClN2O. The van der Waals surface area contributed by atoms with Crippen LogP contribution in [0.25, 0.3) is 11.4 Å². The highest BCUT2D eigenvalue weighted by Gasteiger charge is 2.20. The van der Waals surface area contributed by atoms with Gasteiger partial charge in [-0.2, -0.15) is 0 Å². The lowest BCUT2D eigenvalue weighted by molar-refractivity contribution is 0.693. The van der Waals surface area contributed by atoms with Gasteiger partial charge in [0.15, 0.2) is 0 Å². The first-order valence-corrected chi connectivity index (χ1v) is 7.87. The first-order chi connectivity index (χ1) is 9.63. The summed E-state index contributed by atoms with van der Waals surface area (Å²) in [5.74, 6) is 0.952. The van der Waals surface area contributed by atoms with E-state index in [1.54, 1.807) is 12.1 Å². The predicted molar refractivity (Wildman–Crippen MR) is 84.2 cm³/mol. The van der Waals surface area contributed by atoms with Gasteiger partial charge in [0.1, 0.15) is 5.82 Å². The first-order valence-electron chi connectivity index (χ1n) is 6.70. The number of rotatable bonds is 2. The molecule has 5 heteroatoms. The van der Waals surface area contributed by atoms with Crippen LogP contribution >= 0.6 is 27.5 Å². The quantitative estimate of drug-likeness (QED) is 0.863. The van der Waals surface area contributed by atoms with Crippen molar-refractivity contribution in [2.24, 2.45) is 0 Å². The largest absolute Gasteiger partial charge is 0.306 e. The fourth-order valence-electron chi connectivity index (χ4n) is 2.71. The average Bonchev–Trinajstić information content (AvgIpc) is 2.95. The highest BCUT2D eigenvalue weighted by molar-refractivity contribution is 9.10. The van der Waals surface area contributed by atoms with E-state index in [1.165, 1.54) is 12.8 Å². The van der Waals surface area contributed by atoms with Gasteiger partial charge in [0.05, 0.1) is 10.7 Å². The zero-order valence-corrected chi connectivity index (χ0v) is 13.2. The maximum atomic E-state index is 11.9. The zero-order chi connectivity index (χ0) is 14.1. The maximum absolute atomic E-state index is 11.9. The molecule has 3 nitrogen and oxygen atoms in total. The molecule has 0 spiro atoms. The number of hydrogen-bond donors (Lipinski definition) is 1. The molecule has 3 rings (SSSR count). The Bertz CT molecular complexity index is 693. The number of halogens is 2. The van der Waals surface area contributed by atoms with E-state index in [-0.39, 0.29) is 5.56 Å². The van der Waals surface area contributed by atoms with Gasteiger partial charge >= 0.3 is 0 Å². The zero-order valence-electron chi connectivity index (χ0n) is 10.8. The molecular weight excluding hydrogens is 340 g/mol. The number of nitrogens with zero attached hydrogens (tertiary/aromatic N) is 1. The van der Waals surface area contributed by atoms with Crippen LogP contribution in [0.2, 0.25) is 5.02 Å². The molecule has 1 saturated carbocycles. The smallest absolute Gasteiger partial charge is 0.251 e. The second kappa shape index (κ2) is 5.70. The average molecular weight is 354 g/mol. The molecule has 0 unspecified atom stereocenters. The molecule has 1 aromatic carbocycles. The summed E-state index contributed by atoms with van der Waals surface area (Å²) in [7, 11) is 0. The van der Waals surface area contributed by atoms with Gasteiger partial charge in [0.2, 0.25) is 0 Å². The van der Waals surface area contributed by atoms with Crippen LogP contribution in [0.15, 0.2) is 33.5 Å². The molecule has 0 aliphatic heterocycles. The van der Waals surface area contributed by atoms with Crippen LogP contribution in [0.5, 0.6) is 0 Å². The molecule has 1 aromatic heterocycles. The van der Waals surface area contributed by atoms with Crippen molar-refractivity contribution in [3.63, 3.8) is 0 Å². The van der Waals surface area contributed by atoms with Gasteiger partial charge in [-0.25, -0.2) is 4.98 Å². The molecule has 0 atom stereocenters. The van der Waals surface area contributed by atoms with Crippen LogP contribution in [0, 0.1) is 0 Å². The SMILES string of the molecule is O=c1cc(C2CCCC2)nc(-c2cc(Br)ccc2Cl)[nH]1. The minimum Gasteiger partial charge on any atom is -0.306 e. The minimum atomic E-state index is -0.118. The molecule has 1 N–H and O–H groups in total. The Morgan fingerprint density at radius 2 is 2.00 bits per heavy atom. The summed E-state index contributed by atoms with van der Waals surface area (Å²) in [6.07, 6.45) is 4.66. The maximum Gasteiger partial charge on any atom is 0.251 e. The highest BCUT2D eigenvalue weighted by atomic mass is 79.9. The normalized spacial score (nSPS) is 15.7. The highest BCUT2D eigenvalue weighted by Crippen LogP contribution is 2.34. The van der Waals surface area contributed by atoms with E-state index in [9.17, 15) is 4.79 Å². The molecule has 0 amide bonds. The molecule has 1 fully saturated rings. The Morgan fingerprint density at radius 1 is 1.25 bits per heavy atom. The predicted octanol–water partition coefficient (Wildman–Crippen LogP) is 4.51. The minimum absolute atomic E-state index is 0.118. The molecule has 1 aliphatic rings. The standard InChI is InChI=1S/C15H14BrClN2O/c16-10-5-6-12(17)11(7-10)15-18-13(8-14(20)19-15)9-3-1-2-4-9/h5-9H,1-4H2,(H,18,19,20). The van der Waals surface area contributed by atoms with Crippen molar-refractivity contribution in [1.29, 1.82) is 0 Å². The summed E-state index contributed by atoms with van der Waals surface area (Å²) in [6.45, 7) is 0. The number of nitrogens with one attached hydrogen (secondary N) is 1. The van der Waals surface area contributed by atoms with Gasteiger partial charge in [-0.1, -0.05) is 40.4 Å². The number of benzene rings is 1. The topological polar surface area (TPSA) is 45.8 Å². The van der Waals surface area contributed by atoms with Gasteiger partial charge in [-0.3, -0.25) is 4.79 Å². The second-order valence-corrected chi connectivity index (χ2v) is 6.45. The molecule has 1 aliphatic carbocycles. The van der Waals surface area contributed by atoms with Crippen LogP contribution in [0.1, 0.15) is 37.3 Å². The van der Waals surface area contributed by atoms with Gasteiger partial charge in [0.25, 0.3) is 5.56 Å². The first kappa shape index (κ1) is 13.8. The molecule has 2 aromatic rings. The van der Waals surface area contributed by atoms with Gasteiger partial charge in [-0.15, -0.1) is 0 Å². The molecule has 0 saturated heterocycles. The van der Waals surface area contributed by atoms with Crippen LogP contribution in [-0.4, -0.2) is 9.97 Å². The summed E-state index contributed by atoms with van der Waals surface area (Å²) >= 11 is 9.63. The van der Waals surface area contributed by atoms with E-state index >= 15 is 0 Å². The van der Waals surface area contributed by atoms with Crippen molar-refractivity contribution in [2.45, 2.75) is 31.6 Å². The van der Waals surface area contributed by atoms with E-state index in [0.29, 0.717) is 16.8 Å². The van der Waals surface area contributed by atoms with Gasteiger partial charge in [-0.05, 0) is 31.0 Å². The van der Waals surface area contributed by atoms with Crippen LogP contribution in [0.4, 0.5) is 0 Å². The lowest BCUT2D eigenvalue weighted by Gasteiger charge is -2.10. The van der Waals surface area contributed by atoms with Crippen molar-refractivity contribution in [3.8, 4) is 11.4 Å². The number of H-pyrrole nitrogens is 1. The van der Waals surface area contributed by atoms with Crippen LogP contribution in [0.3, 0.4) is 0 Å². The van der Waals surface area contributed by atoms with Gasteiger partial charge in [0, 0.05) is 22.0 Å². The number of hydrogen-bond acceptors (Lipinski definition) is 2. The lowest BCUT2D eigenvalue weighted by Crippen LogP contribution is -2.12. The second-order valence-electron chi connectivity index (χ2n) is 5.12. The number of aromatic amines is 1. The molecule has 20 heavy (non-hydrogen) atoms. The Morgan fingerprint density at radius 3 is 2.75 bits per heavy atom. The van der Waals surface area contributed by atoms with Crippen molar-refractivity contribution in [2.75, 3.05) is 0 Å². The van der Waals surface area contributed by atoms with E-state index < -0.39 is 0 Å². The third-order valence-corrected chi connectivity index (χ3v) is 4.54. The summed E-state index contributed by atoms with van der Waals surface area (Å²) < 4.78 is 0.908. The van der Waals surface area contributed by atoms with E-state index in [0.717, 1.165) is 28.6 Å².